The van der Waals surface area contributed by atoms with Crippen LogP contribution in [0.25, 0.3) is 0 Å². The monoisotopic (exact) mass is 282 g/mol. The van der Waals surface area contributed by atoms with Gasteiger partial charge in [-0.25, -0.2) is 0 Å². The van der Waals surface area contributed by atoms with E-state index in [1.54, 1.807) is 0 Å². The van der Waals surface area contributed by atoms with Crippen LogP contribution < -0.4 is 5.73 Å². The van der Waals surface area contributed by atoms with E-state index < -0.39 is 5.41 Å². The van der Waals surface area contributed by atoms with Crippen molar-refractivity contribution >= 4 is 23.1 Å². The first-order valence-electron chi connectivity index (χ1n) is 7.65. The first-order valence-corrected chi connectivity index (χ1v) is 8.06. The number of carbonyl (C=O) groups is 1. The summed E-state index contributed by atoms with van der Waals surface area (Å²) in [5.74, 6) is 0.185. The minimum absolute atomic E-state index is 0.185. The van der Waals surface area contributed by atoms with Crippen LogP contribution in [0.4, 0.5) is 0 Å². The van der Waals surface area contributed by atoms with Crippen LogP contribution in [-0.2, 0) is 4.79 Å². The van der Waals surface area contributed by atoms with Crippen molar-refractivity contribution in [2.45, 2.75) is 70.3 Å². The van der Waals surface area contributed by atoms with E-state index in [9.17, 15) is 4.79 Å². The summed E-state index contributed by atoms with van der Waals surface area (Å²) in [6.07, 6.45) is 11.2. The maximum absolute atomic E-state index is 12.9. The van der Waals surface area contributed by atoms with Gasteiger partial charge in [0, 0.05) is 13.1 Å². The number of rotatable bonds is 3. The van der Waals surface area contributed by atoms with Gasteiger partial charge in [-0.1, -0.05) is 50.7 Å². The maximum Gasteiger partial charge on any atom is 0.235 e. The highest BCUT2D eigenvalue weighted by Crippen LogP contribution is 2.40. The van der Waals surface area contributed by atoms with E-state index in [0.29, 0.717) is 11.0 Å². The van der Waals surface area contributed by atoms with E-state index in [2.05, 4.69) is 0 Å². The van der Waals surface area contributed by atoms with Crippen LogP contribution >= 0.6 is 12.2 Å². The van der Waals surface area contributed by atoms with Crippen LogP contribution in [0.3, 0.4) is 0 Å². The number of amides is 1. The molecule has 0 heterocycles. The standard InChI is InChI=1S/C15H26N2OS/c1-17(12-8-4-2-3-5-9-12)14(18)15(13(16)19)10-6-7-11-15/h12H,2-11H2,1H3,(H2,16,19). The van der Waals surface area contributed by atoms with Gasteiger partial charge >= 0.3 is 0 Å². The van der Waals surface area contributed by atoms with E-state index >= 15 is 0 Å². The highest BCUT2D eigenvalue weighted by molar-refractivity contribution is 7.80. The summed E-state index contributed by atoms with van der Waals surface area (Å²) in [5.41, 5.74) is 5.38. The zero-order valence-corrected chi connectivity index (χ0v) is 12.8. The Morgan fingerprint density at radius 3 is 2.11 bits per heavy atom. The molecule has 19 heavy (non-hydrogen) atoms. The largest absolute Gasteiger partial charge is 0.392 e. The number of thiocarbonyl (C=S) groups is 1. The molecule has 0 aromatic rings. The van der Waals surface area contributed by atoms with Gasteiger partial charge in [0.05, 0.1) is 10.4 Å². The third-order valence-corrected chi connectivity index (χ3v) is 5.42. The Morgan fingerprint density at radius 2 is 1.63 bits per heavy atom. The lowest BCUT2D eigenvalue weighted by Crippen LogP contribution is -2.50. The van der Waals surface area contributed by atoms with Crippen molar-refractivity contribution in [2.75, 3.05) is 7.05 Å². The summed E-state index contributed by atoms with van der Waals surface area (Å²) < 4.78 is 0. The highest BCUT2D eigenvalue weighted by atomic mass is 32.1. The van der Waals surface area contributed by atoms with Crippen molar-refractivity contribution in [1.29, 1.82) is 0 Å². The topological polar surface area (TPSA) is 46.3 Å². The number of hydrogen-bond acceptors (Lipinski definition) is 2. The van der Waals surface area contributed by atoms with Crippen LogP contribution in [0.5, 0.6) is 0 Å². The molecular formula is C15H26N2OS. The maximum atomic E-state index is 12.9. The van der Waals surface area contributed by atoms with E-state index in [-0.39, 0.29) is 5.91 Å². The normalized spacial score (nSPS) is 23.8. The second-order valence-electron chi connectivity index (χ2n) is 6.21. The molecule has 1 amide bonds. The molecule has 0 unspecified atom stereocenters. The molecule has 0 spiro atoms. The molecule has 0 radical (unpaired) electrons. The molecule has 2 N–H and O–H groups in total. The predicted octanol–water partition coefficient (Wildman–Crippen LogP) is 3.01. The molecule has 0 atom stereocenters. The van der Waals surface area contributed by atoms with E-state index in [4.69, 9.17) is 18.0 Å². The third kappa shape index (κ3) is 2.93. The number of nitrogens with two attached hydrogens (primary N) is 1. The molecule has 4 heteroatoms. The average molecular weight is 282 g/mol. The zero-order chi connectivity index (χ0) is 13.9. The Hall–Kier alpha value is -0.640. The molecule has 0 aromatic heterocycles. The van der Waals surface area contributed by atoms with Crippen molar-refractivity contribution in [1.82, 2.24) is 4.90 Å². The van der Waals surface area contributed by atoms with Gasteiger partial charge in [-0.2, -0.15) is 0 Å². The van der Waals surface area contributed by atoms with Gasteiger partial charge in [0.15, 0.2) is 0 Å². The molecule has 2 fully saturated rings. The molecule has 108 valence electrons. The first-order chi connectivity index (χ1) is 9.08. The summed E-state index contributed by atoms with van der Waals surface area (Å²) >= 11 is 5.22. The molecule has 0 bridgehead atoms. The predicted molar refractivity (Wildman–Crippen MR) is 81.9 cm³/mol. The lowest BCUT2D eigenvalue weighted by atomic mass is 9.84. The third-order valence-electron chi connectivity index (χ3n) is 5.03. The average Bonchev–Trinajstić information content (AvgIpc) is 2.74. The summed E-state index contributed by atoms with van der Waals surface area (Å²) in [4.78, 5) is 15.3. The Labute approximate surface area is 121 Å². The van der Waals surface area contributed by atoms with Crippen LogP contribution in [0, 0.1) is 5.41 Å². The molecule has 0 aliphatic heterocycles. The van der Waals surface area contributed by atoms with Gasteiger partial charge in [0.1, 0.15) is 0 Å². The van der Waals surface area contributed by atoms with Crippen LogP contribution in [0.2, 0.25) is 0 Å². The zero-order valence-electron chi connectivity index (χ0n) is 12.0. The van der Waals surface area contributed by atoms with Gasteiger partial charge in [-0.05, 0) is 25.7 Å². The molecule has 2 saturated carbocycles. The van der Waals surface area contributed by atoms with E-state index in [0.717, 1.165) is 38.5 Å². The fraction of sp³-hybridized carbons (Fsp3) is 0.867. The van der Waals surface area contributed by atoms with Gasteiger partial charge < -0.3 is 10.6 Å². The van der Waals surface area contributed by atoms with Gasteiger partial charge in [0.25, 0.3) is 0 Å². The molecule has 0 aromatic carbocycles. The highest BCUT2D eigenvalue weighted by Gasteiger charge is 2.46. The molecule has 2 aliphatic rings. The number of carbonyl (C=O) groups excluding carboxylic acids is 1. The Bertz CT molecular complexity index is 342. The molecular weight excluding hydrogens is 256 g/mol. The quantitative estimate of drug-likeness (QED) is 0.639. The molecule has 0 saturated heterocycles. The summed E-state index contributed by atoms with van der Waals surface area (Å²) in [7, 11) is 1.96. The Kier molecular flexibility index (Phi) is 4.82. The van der Waals surface area contributed by atoms with E-state index in [1.807, 2.05) is 11.9 Å². The van der Waals surface area contributed by atoms with E-state index in [1.165, 1.54) is 25.7 Å². The molecule has 2 rings (SSSR count). The van der Waals surface area contributed by atoms with Crippen LogP contribution in [0.1, 0.15) is 64.2 Å². The van der Waals surface area contributed by atoms with Gasteiger partial charge in [-0.3, -0.25) is 4.79 Å². The van der Waals surface area contributed by atoms with Crippen molar-refractivity contribution < 1.29 is 4.79 Å². The lowest BCUT2D eigenvalue weighted by Gasteiger charge is -2.36. The summed E-state index contributed by atoms with van der Waals surface area (Å²) in [5, 5.41) is 0. The fourth-order valence-corrected chi connectivity index (χ4v) is 3.98. The van der Waals surface area contributed by atoms with Crippen molar-refractivity contribution in [3.63, 3.8) is 0 Å². The second-order valence-corrected chi connectivity index (χ2v) is 6.65. The first kappa shape index (κ1) is 14.8. The van der Waals surface area contributed by atoms with Crippen molar-refractivity contribution in [2.24, 2.45) is 11.1 Å². The van der Waals surface area contributed by atoms with Crippen molar-refractivity contribution in [3.05, 3.63) is 0 Å². The van der Waals surface area contributed by atoms with Gasteiger partial charge in [-0.15, -0.1) is 0 Å². The number of hydrogen-bond donors (Lipinski definition) is 1. The Balaban J connectivity index is 2.10. The Morgan fingerprint density at radius 1 is 1.11 bits per heavy atom. The van der Waals surface area contributed by atoms with Crippen molar-refractivity contribution in [3.8, 4) is 0 Å². The SMILES string of the molecule is CN(C(=O)C1(C(N)=S)CCCC1)C1CCCCCC1. The van der Waals surface area contributed by atoms with Crippen LogP contribution in [-0.4, -0.2) is 28.9 Å². The minimum atomic E-state index is -0.531. The minimum Gasteiger partial charge on any atom is -0.392 e. The van der Waals surface area contributed by atoms with Crippen LogP contribution in [0.15, 0.2) is 0 Å². The fourth-order valence-electron chi connectivity index (χ4n) is 3.69. The smallest absolute Gasteiger partial charge is 0.235 e. The molecule has 2 aliphatic carbocycles. The summed E-state index contributed by atoms with van der Waals surface area (Å²) in [6, 6.07) is 0.391. The summed E-state index contributed by atoms with van der Waals surface area (Å²) in [6.45, 7) is 0. The lowest BCUT2D eigenvalue weighted by molar-refractivity contribution is -0.139. The van der Waals surface area contributed by atoms with Gasteiger partial charge in [0.2, 0.25) is 5.91 Å². The molecule has 3 nitrogen and oxygen atoms in total. The second kappa shape index (κ2) is 6.21. The number of nitrogens with zero attached hydrogens (tertiary/aromatic N) is 1.